The van der Waals surface area contributed by atoms with Crippen LogP contribution in [0.25, 0.3) is 11.1 Å². The van der Waals surface area contributed by atoms with E-state index in [4.69, 9.17) is 4.74 Å². The molecule has 2 unspecified atom stereocenters. The highest BCUT2D eigenvalue weighted by Crippen LogP contribution is 2.44. The van der Waals surface area contributed by atoms with Gasteiger partial charge in [-0.3, -0.25) is 9.59 Å². The highest BCUT2D eigenvalue weighted by Gasteiger charge is 2.36. The number of hydrogen-bond acceptors (Lipinski definition) is 4. The number of amides is 2. The quantitative estimate of drug-likeness (QED) is 0.571. The molecule has 0 aliphatic heterocycles. The van der Waals surface area contributed by atoms with Gasteiger partial charge in [0.25, 0.3) is 0 Å². The minimum Gasteiger partial charge on any atom is -0.481 e. The van der Waals surface area contributed by atoms with Gasteiger partial charge < -0.3 is 20.5 Å². The molecule has 0 radical (unpaired) electrons. The Morgan fingerprint density at radius 2 is 1.51 bits per heavy atom. The molecule has 5 rings (SSSR count). The lowest BCUT2D eigenvalue weighted by Gasteiger charge is -2.30. The Morgan fingerprint density at radius 3 is 2.20 bits per heavy atom. The van der Waals surface area contributed by atoms with E-state index in [0.29, 0.717) is 19.3 Å². The Labute approximate surface area is 205 Å². The van der Waals surface area contributed by atoms with Gasteiger partial charge in [-0.1, -0.05) is 61.4 Å². The zero-order valence-electron chi connectivity index (χ0n) is 19.7. The summed E-state index contributed by atoms with van der Waals surface area (Å²) in [5, 5.41) is 15.3. The molecule has 0 bridgehead atoms. The summed E-state index contributed by atoms with van der Waals surface area (Å²) in [6.45, 7) is 0.259. The number of ether oxygens (including phenoxy) is 1. The van der Waals surface area contributed by atoms with Crippen LogP contribution in [0.2, 0.25) is 0 Å². The van der Waals surface area contributed by atoms with Gasteiger partial charge in [-0.2, -0.15) is 0 Å². The average Bonchev–Trinajstić information content (AvgIpc) is 3.45. The first-order valence-corrected chi connectivity index (χ1v) is 12.7. The summed E-state index contributed by atoms with van der Waals surface area (Å²) in [4.78, 5) is 36.9. The average molecular weight is 477 g/mol. The monoisotopic (exact) mass is 476 g/mol. The van der Waals surface area contributed by atoms with Gasteiger partial charge in [-0.05, 0) is 54.4 Å². The molecule has 35 heavy (non-hydrogen) atoms. The molecule has 2 fully saturated rings. The van der Waals surface area contributed by atoms with Gasteiger partial charge in [0.2, 0.25) is 5.91 Å². The van der Waals surface area contributed by atoms with Crippen molar-refractivity contribution in [2.45, 2.75) is 62.9 Å². The number of rotatable bonds is 6. The van der Waals surface area contributed by atoms with Gasteiger partial charge in [-0.25, -0.2) is 4.79 Å². The zero-order valence-corrected chi connectivity index (χ0v) is 19.7. The van der Waals surface area contributed by atoms with Gasteiger partial charge in [0, 0.05) is 23.9 Å². The first kappa shape index (κ1) is 23.4. The van der Waals surface area contributed by atoms with Crippen molar-refractivity contribution in [1.29, 1.82) is 0 Å². The van der Waals surface area contributed by atoms with Crippen LogP contribution < -0.4 is 10.6 Å². The minimum atomic E-state index is -0.841. The summed E-state index contributed by atoms with van der Waals surface area (Å²) < 4.78 is 5.67. The molecule has 4 atom stereocenters. The van der Waals surface area contributed by atoms with Crippen molar-refractivity contribution in [3.63, 3.8) is 0 Å². The predicted molar refractivity (Wildman–Crippen MR) is 131 cm³/mol. The molecule has 3 aliphatic rings. The van der Waals surface area contributed by atoms with Gasteiger partial charge >= 0.3 is 12.1 Å². The summed E-state index contributed by atoms with van der Waals surface area (Å²) >= 11 is 0. The molecule has 2 saturated carbocycles. The van der Waals surface area contributed by atoms with Crippen LogP contribution in [0, 0.1) is 11.8 Å². The number of nitrogens with one attached hydrogen (secondary N) is 2. The van der Waals surface area contributed by atoms with E-state index in [1.54, 1.807) is 0 Å². The minimum absolute atomic E-state index is 0.00613. The Balaban J connectivity index is 1.14. The maximum Gasteiger partial charge on any atom is 0.407 e. The van der Waals surface area contributed by atoms with Gasteiger partial charge in [0.1, 0.15) is 6.61 Å². The standard InChI is InChI=1S/C28H32N2O5/c31-26(30-25-14-6-13-23(25)27(32)33)17-7-5-8-18(15-17)29-28(34)35-16-24-21-11-3-1-9-19(21)20-10-2-4-12-22(20)24/h1-4,9-12,17-18,23-25H,5-8,13-16H2,(H,29,34)(H,30,31)(H,32,33)/t17-,18+,23?,25?/m1/s1. The lowest BCUT2D eigenvalue weighted by Crippen LogP contribution is -2.46. The largest absolute Gasteiger partial charge is 0.481 e. The molecule has 2 aromatic carbocycles. The molecule has 3 aliphatic carbocycles. The SMILES string of the molecule is O=C(N[C@H]1CCC[C@@H](C(=O)NC2CCCC2C(=O)O)C1)OCC1c2ccccc2-c2ccccc21. The first-order chi connectivity index (χ1) is 17.0. The number of carboxylic acids is 1. The number of carbonyl (C=O) groups is 3. The molecular formula is C28H32N2O5. The fourth-order valence-electron chi connectivity index (χ4n) is 6.09. The summed E-state index contributed by atoms with van der Waals surface area (Å²) in [5.41, 5.74) is 4.71. The third-order valence-electron chi connectivity index (χ3n) is 7.87. The van der Waals surface area contributed by atoms with Crippen LogP contribution in [0.3, 0.4) is 0 Å². The Hall–Kier alpha value is -3.35. The maximum absolute atomic E-state index is 12.8. The first-order valence-electron chi connectivity index (χ1n) is 12.7. The van der Waals surface area contributed by atoms with Crippen molar-refractivity contribution in [3.8, 4) is 11.1 Å². The second kappa shape index (κ2) is 10.1. The molecule has 0 heterocycles. The number of aliphatic carboxylic acids is 1. The van der Waals surface area contributed by atoms with Crippen LogP contribution in [0.4, 0.5) is 4.79 Å². The Kier molecular flexibility index (Phi) is 6.75. The summed E-state index contributed by atoms with van der Waals surface area (Å²) in [6, 6.07) is 16.0. The predicted octanol–water partition coefficient (Wildman–Crippen LogP) is 4.45. The van der Waals surface area contributed by atoms with Crippen molar-refractivity contribution < 1.29 is 24.2 Å². The van der Waals surface area contributed by atoms with Crippen LogP contribution in [-0.2, 0) is 14.3 Å². The summed E-state index contributed by atoms with van der Waals surface area (Å²) in [5.74, 6) is -1.66. The smallest absolute Gasteiger partial charge is 0.407 e. The fourth-order valence-corrected chi connectivity index (χ4v) is 6.09. The number of alkyl carbamates (subject to hydrolysis) is 1. The van der Waals surface area contributed by atoms with E-state index in [1.807, 2.05) is 24.3 Å². The van der Waals surface area contributed by atoms with E-state index >= 15 is 0 Å². The molecule has 184 valence electrons. The number of carbonyl (C=O) groups excluding carboxylic acids is 2. The number of hydrogen-bond donors (Lipinski definition) is 3. The van der Waals surface area contributed by atoms with E-state index in [1.165, 1.54) is 22.3 Å². The Morgan fingerprint density at radius 1 is 0.857 bits per heavy atom. The van der Waals surface area contributed by atoms with Crippen molar-refractivity contribution in [2.24, 2.45) is 11.8 Å². The van der Waals surface area contributed by atoms with Crippen LogP contribution in [0.15, 0.2) is 48.5 Å². The second-order valence-corrected chi connectivity index (χ2v) is 10.0. The highest BCUT2D eigenvalue weighted by molar-refractivity contribution is 5.81. The van der Waals surface area contributed by atoms with Crippen molar-refractivity contribution in [2.75, 3.05) is 6.61 Å². The lowest BCUT2D eigenvalue weighted by molar-refractivity contribution is -0.142. The maximum atomic E-state index is 12.8. The highest BCUT2D eigenvalue weighted by atomic mass is 16.5. The Bertz CT molecular complexity index is 1070. The molecule has 2 aromatic rings. The summed E-state index contributed by atoms with van der Waals surface area (Å²) in [6.07, 6.45) is 4.60. The third-order valence-corrected chi connectivity index (χ3v) is 7.87. The second-order valence-electron chi connectivity index (χ2n) is 10.0. The van der Waals surface area contributed by atoms with E-state index in [0.717, 1.165) is 25.7 Å². The van der Waals surface area contributed by atoms with Crippen LogP contribution in [0.1, 0.15) is 62.0 Å². The molecule has 3 N–H and O–H groups in total. The van der Waals surface area contributed by atoms with Gasteiger partial charge in [0.15, 0.2) is 0 Å². The zero-order chi connectivity index (χ0) is 24.4. The van der Waals surface area contributed by atoms with E-state index in [9.17, 15) is 19.5 Å². The van der Waals surface area contributed by atoms with Crippen molar-refractivity contribution in [1.82, 2.24) is 10.6 Å². The van der Waals surface area contributed by atoms with Gasteiger partial charge in [-0.15, -0.1) is 0 Å². The van der Waals surface area contributed by atoms with E-state index in [2.05, 4.69) is 34.9 Å². The molecule has 0 spiro atoms. The lowest BCUT2D eigenvalue weighted by atomic mass is 9.85. The molecule has 7 heteroatoms. The fraction of sp³-hybridized carbons (Fsp3) is 0.464. The third kappa shape index (κ3) is 4.90. The molecule has 2 amide bonds. The van der Waals surface area contributed by atoms with Crippen molar-refractivity contribution >= 4 is 18.0 Å². The number of fused-ring (bicyclic) bond motifs is 3. The normalized spacial score (nSPS) is 25.4. The molecular weight excluding hydrogens is 444 g/mol. The van der Waals surface area contributed by atoms with Crippen molar-refractivity contribution in [3.05, 3.63) is 59.7 Å². The van der Waals surface area contributed by atoms with Crippen LogP contribution in [0.5, 0.6) is 0 Å². The van der Waals surface area contributed by atoms with Crippen LogP contribution >= 0.6 is 0 Å². The van der Waals surface area contributed by atoms with Crippen LogP contribution in [-0.4, -0.2) is 41.8 Å². The number of carboxylic acid groups (broad SMARTS) is 1. The summed E-state index contributed by atoms with van der Waals surface area (Å²) in [7, 11) is 0. The molecule has 0 saturated heterocycles. The topological polar surface area (TPSA) is 105 Å². The molecule has 0 aromatic heterocycles. The van der Waals surface area contributed by atoms with E-state index in [-0.39, 0.29) is 36.4 Å². The van der Waals surface area contributed by atoms with E-state index < -0.39 is 18.0 Å². The number of benzene rings is 2. The van der Waals surface area contributed by atoms with Gasteiger partial charge in [0.05, 0.1) is 5.92 Å². The molecule has 7 nitrogen and oxygen atoms in total.